The number of rotatable bonds is 5. The number of carbonyl (C=O) groups excluding carboxylic acids is 1. The van der Waals surface area contributed by atoms with Crippen molar-refractivity contribution in [1.29, 1.82) is 0 Å². The molecule has 2 rings (SSSR count). The zero-order valence-electron chi connectivity index (χ0n) is 11.6. The maximum Gasteiger partial charge on any atom is 0.254 e. The predicted octanol–water partition coefficient (Wildman–Crippen LogP) is 0.261. The standard InChI is InChI=1S/C13H22N4O2/c1-16-9-11(8-14-16)13(18)15-12-4-3-5-17(10-12)6-7-19-2/h8-9,12H,3-7,10H2,1-2H3,(H,15,18). The highest BCUT2D eigenvalue weighted by Gasteiger charge is 2.21. The number of amides is 1. The average Bonchev–Trinajstić information content (AvgIpc) is 2.83. The molecule has 1 aliphatic rings. The van der Waals surface area contributed by atoms with Gasteiger partial charge >= 0.3 is 0 Å². The van der Waals surface area contributed by atoms with E-state index in [0.717, 1.165) is 39.1 Å². The Balaban J connectivity index is 1.83. The predicted molar refractivity (Wildman–Crippen MR) is 72.0 cm³/mol. The Morgan fingerprint density at radius 1 is 1.63 bits per heavy atom. The molecule has 2 heterocycles. The van der Waals surface area contributed by atoms with Crippen LogP contribution in [0.4, 0.5) is 0 Å². The van der Waals surface area contributed by atoms with Crippen molar-refractivity contribution in [2.24, 2.45) is 7.05 Å². The van der Waals surface area contributed by atoms with E-state index in [0.29, 0.717) is 5.56 Å². The number of hydrogen-bond donors (Lipinski definition) is 1. The van der Waals surface area contributed by atoms with Gasteiger partial charge in [0.25, 0.3) is 5.91 Å². The maximum absolute atomic E-state index is 12.0. The molecule has 19 heavy (non-hydrogen) atoms. The number of piperidine rings is 1. The van der Waals surface area contributed by atoms with E-state index in [-0.39, 0.29) is 11.9 Å². The second-order valence-electron chi connectivity index (χ2n) is 5.01. The van der Waals surface area contributed by atoms with Crippen LogP contribution in [0.15, 0.2) is 12.4 Å². The Hall–Kier alpha value is -1.40. The molecule has 1 aromatic rings. The molecule has 6 heteroatoms. The van der Waals surface area contributed by atoms with Crippen LogP contribution in [0.2, 0.25) is 0 Å². The van der Waals surface area contributed by atoms with Crippen molar-refractivity contribution in [2.75, 3.05) is 33.4 Å². The van der Waals surface area contributed by atoms with Crippen molar-refractivity contribution in [2.45, 2.75) is 18.9 Å². The monoisotopic (exact) mass is 266 g/mol. The number of methoxy groups -OCH3 is 1. The summed E-state index contributed by atoms with van der Waals surface area (Å²) in [6.07, 6.45) is 5.49. The summed E-state index contributed by atoms with van der Waals surface area (Å²) >= 11 is 0. The average molecular weight is 266 g/mol. The second-order valence-corrected chi connectivity index (χ2v) is 5.01. The van der Waals surface area contributed by atoms with Gasteiger partial charge in [-0.15, -0.1) is 0 Å². The molecule has 1 N–H and O–H groups in total. The van der Waals surface area contributed by atoms with Crippen LogP contribution in [0.1, 0.15) is 23.2 Å². The van der Waals surface area contributed by atoms with Crippen molar-refractivity contribution < 1.29 is 9.53 Å². The van der Waals surface area contributed by atoms with Crippen LogP contribution >= 0.6 is 0 Å². The quantitative estimate of drug-likeness (QED) is 0.830. The van der Waals surface area contributed by atoms with Gasteiger partial charge in [0.15, 0.2) is 0 Å². The summed E-state index contributed by atoms with van der Waals surface area (Å²) in [5.41, 5.74) is 0.622. The SMILES string of the molecule is COCCN1CCCC(NC(=O)c2cnn(C)c2)C1. The topological polar surface area (TPSA) is 59.4 Å². The molecule has 0 aliphatic carbocycles. The van der Waals surface area contributed by atoms with Crippen LogP contribution in [-0.2, 0) is 11.8 Å². The van der Waals surface area contributed by atoms with Crippen LogP contribution in [0.25, 0.3) is 0 Å². The normalized spacial score (nSPS) is 20.4. The summed E-state index contributed by atoms with van der Waals surface area (Å²) in [5, 5.41) is 7.10. The molecule has 0 saturated carbocycles. The van der Waals surface area contributed by atoms with Crippen LogP contribution < -0.4 is 5.32 Å². The molecule has 0 bridgehead atoms. The van der Waals surface area contributed by atoms with Crippen molar-refractivity contribution >= 4 is 5.91 Å². The molecule has 1 aromatic heterocycles. The number of aromatic nitrogens is 2. The van der Waals surface area contributed by atoms with Crippen LogP contribution in [-0.4, -0.2) is 60.0 Å². The Morgan fingerprint density at radius 2 is 2.47 bits per heavy atom. The summed E-state index contributed by atoms with van der Waals surface area (Å²) in [4.78, 5) is 14.4. The van der Waals surface area contributed by atoms with Gasteiger partial charge in [-0.2, -0.15) is 5.10 Å². The lowest BCUT2D eigenvalue weighted by molar-refractivity contribution is 0.0878. The highest BCUT2D eigenvalue weighted by molar-refractivity contribution is 5.93. The first kappa shape index (κ1) is 14.0. The fraction of sp³-hybridized carbons (Fsp3) is 0.692. The molecule has 0 spiro atoms. The minimum absolute atomic E-state index is 0.0355. The molecule has 106 valence electrons. The third kappa shape index (κ3) is 4.04. The molecule has 1 amide bonds. The first-order chi connectivity index (χ1) is 9.19. The minimum atomic E-state index is -0.0355. The van der Waals surface area contributed by atoms with E-state index in [9.17, 15) is 4.79 Å². The van der Waals surface area contributed by atoms with E-state index in [4.69, 9.17) is 4.74 Å². The lowest BCUT2D eigenvalue weighted by Crippen LogP contribution is -2.48. The third-order valence-corrected chi connectivity index (χ3v) is 3.42. The third-order valence-electron chi connectivity index (χ3n) is 3.42. The van der Waals surface area contributed by atoms with Gasteiger partial charge in [0.05, 0.1) is 18.4 Å². The smallest absolute Gasteiger partial charge is 0.254 e. The molecule has 1 fully saturated rings. The van der Waals surface area contributed by atoms with E-state index < -0.39 is 0 Å². The number of nitrogens with zero attached hydrogens (tertiary/aromatic N) is 3. The molecule has 1 atom stereocenters. The van der Waals surface area contributed by atoms with Crippen LogP contribution in [0.5, 0.6) is 0 Å². The van der Waals surface area contributed by atoms with Gasteiger partial charge in [-0.3, -0.25) is 14.4 Å². The van der Waals surface area contributed by atoms with Crippen molar-refractivity contribution in [3.8, 4) is 0 Å². The van der Waals surface area contributed by atoms with Gasteiger partial charge < -0.3 is 10.1 Å². The Morgan fingerprint density at radius 3 is 3.16 bits per heavy atom. The van der Waals surface area contributed by atoms with Gasteiger partial charge in [0, 0.05) is 39.5 Å². The Labute approximate surface area is 113 Å². The van der Waals surface area contributed by atoms with Crippen LogP contribution in [0.3, 0.4) is 0 Å². The number of likely N-dealkylation sites (tertiary alicyclic amines) is 1. The second kappa shape index (κ2) is 6.68. The Bertz CT molecular complexity index is 419. The largest absolute Gasteiger partial charge is 0.383 e. The number of hydrogen-bond acceptors (Lipinski definition) is 4. The number of ether oxygens (including phenoxy) is 1. The zero-order valence-corrected chi connectivity index (χ0v) is 11.6. The first-order valence-electron chi connectivity index (χ1n) is 6.70. The zero-order chi connectivity index (χ0) is 13.7. The van der Waals surface area contributed by atoms with E-state index in [1.54, 1.807) is 24.2 Å². The highest BCUT2D eigenvalue weighted by Crippen LogP contribution is 2.10. The lowest BCUT2D eigenvalue weighted by atomic mass is 10.1. The number of nitrogens with one attached hydrogen (secondary N) is 1. The van der Waals surface area contributed by atoms with Gasteiger partial charge in [0.2, 0.25) is 0 Å². The van der Waals surface area contributed by atoms with E-state index in [1.165, 1.54) is 0 Å². The molecule has 0 aromatic carbocycles. The molecule has 0 radical (unpaired) electrons. The molecule has 6 nitrogen and oxygen atoms in total. The molecule has 1 aliphatic heterocycles. The number of aryl methyl sites for hydroxylation is 1. The van der Waals surface area contributed by atoms with Gasteiger partial charge in [-0.05, 0) is 19.4 Å². The summed E-state index contributed by atoms with van der Waals surface area (Å²) < 4.78 is 6.73. The van der Waals surface area contributed by atoms with E-state index in [1.807, 2.05) is 7.05 Å². The minimum Gasteiger partial charge on any atom is -0.383 e. The molecule has 1 unspecified atom stereocenters. The molecule has 1 saturated heterocycles. The van der Waals surface area contributed by atoms with Gasteiger partial charge in [0.1, 0.15) is 0 Å². The Kier molecular flexibility index (Phi) is 4.93. The fourth-order valence-corrected chi connectivity index (χ4v) is 2.40. The summed E-state index contributed by atoms with van der Waals surface area (Å²) in [7, 11) is 3.52. The lowest BCUT2D eigenvalue weighted by Gasteiger charge is -2.32. The molecular formula is C13H22N4O2. The first-order valence-corrected chi connectivity index (χ1v) is 6.70. The van der Waals surface area contributed by atoms with E-state index >= 15 is 0 Å². The number of carbonyl (C=O) groups is 1. The van der Waals surface area contributed by atoms with Crippen LogP contribution in [0, 0.1) is 0 Å². The fourth-order valence-electron chi connectivity index (χ4n) is 2.40. The van der Waals surface area contributed by atoms with Crippen molar-refractivity contribution in [3.05, 3.63) is 18.0 Å². The summed E-state index contributed by atoms with van der Waals surface area (Å²) in [5.74, 6) is -0.0355. The van der Waals surface area contributed by atoms with Crippen molar-refractivity contribution in [3.63, 3.8) is 0 Å². The van der Waals surface area contributed by atoms with Crippen molar-refractivity contribution in [1.82, 2.24) is 20.0 Å². The summed E-state index contributed by atoms with van der Waals surface area (Å²) in [6, 6.07) is 0.221. The maximum atomic E-state index is 12.0. The van der Waals surface area contributed by atoms with Gasteiger partial charge in [-0.1, -0.05) is 0 Å². The molecular weight excluding hydrogens is 244 g/mol. The van der Waals surface area contributed by atoms with Gasteiger partial charge in [-0.25, -0.2) is 0 Å². The highest BCUT2D eigenvalue weighted by atomic mass is 16.5. The summed E-state index contributed by atoms with van der Waals surface area (Å²) in [6.45, 7) is 3.65. The van der Waals surface area contributed by atoms with E-state index in [2.05, 4.69) is 15.3 Å².